The minimum Gasteiger partial charge on any atom is -0.348 e. The van der Waals surface area contributed by atoms with Crippen molar-refractivity contribution in [3.63, 3.8) is 0 Å². The molecule has 0 aliphatic rings. The summed E-state index contributed by atoms with van der Waals surface area (Å²) in [7, 11) is 0. The van der Waals surface area contributed by atoms with Crippen LogP contribution in [0.15, 0.2) is 17.5 Å². The molecule has 0 aliphatic heterocycles. The molecule has 0 radical (unpaired) electrons. The van der Waals surface area contributed by atoms with Gasteiger partial charge in [0.1, 0.15) is 0 Å². The summed E-state index contributed by atoms with van der Waals surface area (Å²) in [6.07, 6.45) is 2.36. The highest BCUT2D eigenvalue weighted by molar-refractivity contribution is 7.10. The lowest BCUT2D eigenvalue weighted by atomic mass is 10.0. The molecule has 0 saturated heterocycles. The Morgan fingerprint density at radius 1 is 1.35 bits per heavy atom. The number of rotatable bonds is 9. The molecule has 0 fully saturated rings. The molecule has 1 N–H and O–H groups in total. The highest BCUT2D eigenvalue weighted by Crippen LogP contribution is 2.18. The molecule has 0 bridgehead atoms. The fourth-order valence-electron chi connectivity index (χ4n) is 2.32. The second kappa shape index (κ2) is 9.14. The highest BCUT2D eigenvalue weighted by Gasteiger charge is 2.15. The minimum atomic E-state index is 0.106. The van der Waals surface area contributed by atoms with E-state index in [4.69, 9.17) is 0 Å². The Hall–Kier alpha value is -0.870. The number of carbonyl (C=O) groups excluding carboxylic acids is 1. The summed E-state index contributed by atoms with van der Waals surface area (Å²) in [4.78, 5) is 15.6. The maximum absolute atomic E-state index is 12.1. The van der Waals surface area contributed by atoms with E-state index in [9.17, 15) is 4.79 Å². The van der Waals surface area contributed by atoms with E-state index < -0.39 is 0 Å². The van der Waals surface area contributed by atoms with Crippen molar-refractivity contribution < 1.29 is 4.79 Å². The smallest absolute Gasteiger partial charge is 0.234 e. The molecule has 1 rings (SSSR count). The van der Waals surface area contributed by atoms with Crippen LogP contribution < -0.4 is 5.32 Å². The van der Waals surface area contributed by atoms with Crippen LogP contribution in [0.1, 0.15) is 51.5 Å². The zero-order valence-corrected chi connectivity index (χ0v) is 14.0. The van der Waals surface area contributed by atoms with Gasteiger partial charge in [-0.05, 0) is 30.8 Å². The van der Waals surface area contributed by atoms with Crippen molar-refractivity contribution in [2.45, 2.75) is 46.6 Å². The molecule has 1 aromatic heterocycles. The standard InChI is InChI=1S/C16H28N2OS/c1-5-14(6-2)11-18(7-3)12-16(19)17-13(4)15-9-8-10-20-15/h8-10,13-14H,5-7,11-12H2,1-4H3,(H,17,19). The first-order chi connectivity index (χ1) is 9.60. The van der Waals surface area contributed by atoms with Gasteiger partial charge in [-0.2, -0.15) is 0 Å². The van der Waals surface area contributed by atoms with E-state index in [0.717, 1.165) is 13.1 Å². The van der Waals surface area contributed by atoms with E-state index in [-0.39, 0.29) is 11.9 Å². The first-order valence-corrected chi connectivity index (χ1v) is 8.53. The van der Waals surface area contributed by atoms with Crippen molar-refractivity contribution in [2.75, 3.05) is 19.6 Å². The van der Waals surface area contributed by atoms with Crippen molar-refractivity contribution in [3.05, 3.63) is 22.4 Å². The minimum absolute atomic E-state index is 0.106. The van der Waals surface area contributed by atoms with Crippen LogP contribution in [0.2, 0.25) is 0 Å². The van der Waals surface area contributed by atoms with Crippen molar-refractivity contribution in [1.29, 1.82) is 0 Å². The van der Waals surface area contributed by atoms with Crippen molar-refractivity contribution in [3.8, 4) is 0 Å². The zero-order valence-electron chi connectivity index (χ0n) is 13.2. The molecule has 1 amide bonds. The Morgan fingerprint density at radius 2 is 2.05 bits per heavy atom. The molecule has 0 aromatic carbocycles. The Morgan fingerprint density at radius 3 is 2.55 bits per heavy atom. The van der Waals surface area contributed by atoms with Gasteiger partial charge in [-0.15, -0.1) is 11.3 Å². The molecule has 3 nitrogen and oxygen atoms in total. The summed E-state index contributed by atoms with van der Waals surface area (Å²) in [6.45, 7) is 11.1. The van der Waals surface area contributed by atoms with Gasteiger partial charge in [-0.25, -0.2) is 0 Å². The van der Waals surface area contributed by atoms with Crippen molar-refractivity contribution in [2.24, 2.45) is 5.92 Å². The van der Waals surface area contributed by atoms with Gasteiger partial charge < -0.3 is 5.32 Å². The normalized spacial score (nSPS) is 12.9. The molecule has 0 saturated carbocycles. The fraction of sp³-hybridized carbons (Fsp3) is 0.688. The molecular formula is C16H28N2OS. The average molecular weight is 296 g/mol. The molecule has 1 atom stereocenters. The quantitative estimate of drug-likeness (QED) is 0.754. The largest absolute Gasteiger partial charge is 0.348 e. The summed E-state index contributed by atoms with van der Waals surface area (Å²) < 4.78 is 0. The summed E-state index contributed by atoms with van der Waals surface area (Å²) in [5.41, 5.74) is 0. The van der Waals surface area contributed by atoms with Crippen molar-refractivity contribution in [1.82, 2.24) is 10.2 Å². The lowest BCUT2D eigenvalue weighted by Gasteiger charge is -2.25. The Bertz CT molecular complexity index is 374. The van der Waals surface area contributed by atoms with Gasteiger partial charge in [0.2, 0.25) is 5.91 Å². The number of amides is 1. The molecule has 0 aliphatic carbocycles. The summed E-state index contributed by atoms with van der Waals surface area (Å²) in [5.74, 6) is 0.816. The lowest BCUT2D eigenvalue weighted by molar-refractivity contribution is -0.123. The third-order valence-electron chi connectivity index (χ3n) is 3.83. The Kier molecular flexibility index (Phi) is 7.85. The first-order valence-electron chi connectivity index (χ1n) is 7.65. The van der Waals surface area contributed by atoms with Gasteiger partial charge in [0, 0.05) is 11.4 Å². The fourth-order valence-corrected chi connectivity index (χ4v) is 3.05. The molecule has 4 heteroatoms. The van der Waals surface area contributed by atoms with E-state index >= 15 is 0 Å². The summed E-state index contributed by atoms with van der Waals surface area (Å²) in [5, 5.41) is 5.13. The topological polar surface area (TPSA) is 32.3 Å². The Balaban J connectivity index is 2.42. The van der Waals surface area contributed by atoms with Crippen LogP contribution >= 0.6 is 11.3 Å². The molecule has 0 spiro atoms. The number of hydrogen-bond acceptors (Lipinski definition) is 3. The van der Waals surface area contributed by atoms with Gasteiger partial charge in [-0.1, -0.05) is 39.7 Å². The third kappa shape index (κ3) is 5.63. The maximum Gasteiger partial charge on any atom is 0.234 e. The van der Waals surface area contributed by atoms with E-state index in [2.05, 4.69) is 37.1 Å². The number of nitrogens with one attached hydrogen (secondary N) is 1. The number of thiophene rings is 1. The zero-order chi connectivity index (χ0) is 15.0. The third-order valence-corrected chi connectivity index (χ3v) is 4.89. The number of hydrogen-bond donors (Lipinski definition) is 1. The maximum atomic E-state index is 12.1. The van der Waals surface area contributed by atoms with Crippen LogP contribution in [-0.4, -0.2) is 30.4 Å². The number of nitrogens with zero attached hydrogens (tertiary/aromatic N) is 1. The SMILES string of the molecule is CCC(CC)CN(CC)CC(=O)NC(C)c1cccs1. The van der Waals surface area contributed by atoms with E-state index in [0.29, 0.717) is 12.5 Å². The highest BCUT2D eigenvalue weighted by atomic mass is 32.1. The van der Waals surface area contributed by atoms with Crippen LogP contribution in [0.25, 0.3) is 0 Å². The number of carbonyl (C=O) groups is 1. The average Bonchev–Trinajstić information content (AvgIpc) is 2.97. The van der Waals surface area contributed by atoms with E-state index in [1.807, 2.05) is 18.4 Å². The predicted octanol–water partition coefficient (Wildman–Crippen LogP) is 3.68. The van der Waals surface area contributed by atoms with E-state index in [1.165, 1.54) is 17.7 Å². The van der Waals surface area contributed by atoms with Crippen molar-refractivity contribution >= 4 is 17.2 Å². The molecule has 1 aromatic rings. The second-order valence-corrected chi connectivity index (χ2v) is 6.29. The monoisotopic (exact) mass is 296 g/mol. The van der Waals surface area contributed by atoms with E-state index in [1.54, 1.807) is 11.3 Å². The van der Waals surface area contributed by atoms with Gasteiger partial charge in [0.15, 0.2) is 0 Å². The van der Waals surface area contributed by atoms with Gasteiger partial charge in [0.05, 0.1) is 12.6 Å². The van der Waals surface area contributed by atoms with Gasteiger partial charge >= 0.3 is 0 Å². The van der Waals surface area contributed by atoms with Crippen LogP contribution in [0, 0.1) is 5.92 Å². The first kappa shape index (κ1) is 17.2. The summed E-state index contributed by atoms with van der Waals surface area (Å²) in [6, 6.07) is 4.19. The molecule has 1 unspecified atom stereocenters. The van der Waals surface area contributed by atoms with Gasteiger partial charge in [0.25, 0.3) is 0 Å². The molecular weight excluding hydrogens is 268 g/mol. The van der Waals surface area contributed by atoms with Crippen LogP contribution in [-0.2, 0) is 4.79 Å². The Labute approximate surface area is 127 Å². The lowest BCUT2D eigenvalue weighted by Crippen LogP contribution is -2.40. The molecule has 20 heavy (non-hydrogen) atoms. The van der Waals surface area contributed by atoms with Crippen LogP contribution in [0.4, 0.5) is 0 Å². The summed E-state index contributed by atoms with van der Waals surface area (Å²) >= 11 is 1.69. The predicted molar refractivity (Wildman–Crippen MR) is 87.1 cm³/mol. The van der Waals surface area contributed by atoms with Crippen LogP contribution in [0.5, 0.6) is 0 Å². The molecule has 1 heterocycles. The molecule has 114 valence electrons. The van der Waals surface area contributed by atoms with Crippen LogP contribution in [0.3, 0.4) is 0 Å². The number of likely N-dealkylation sites (N-methyl/N-ethyl adjacent to an activating group) is 1. The second-order valence-electron chi connectivity index (χ2n) is 5.31. The van der Waals surface area contributed by atoms with Gasteiger partial charge in [-0.3, -0.25) is 9.69 Å².